The minimum atomic E-state index is -6.35. The zero-order chi connectivity index (χ0) is 74.0. The first-order valence-corrected chi connectivity index (χ1v) is 38.2. The summed E-state index contributed by atoms with van der Waals surface area (Å²) in [5, 5.41) is 78.5. The summed E-state index contributed by atoms with van der Waals surface area (Å²) in [6.45, 7) is -5.53. The van der Waals surface area contributed by atoms with Crippen molar-refractivity contribution in [3.05, 3.63) is 0 Å². The maximum Gasteiger partial charge on any atom is 0.397 e. The van der Waals surface area contributed by atoms with E-state index in [1.54, 1.807) is 0 Å². The first-order chi connectivity index (χ1) is 44.7. The predicted molar refractivity (Wildman–Crippen MR) is 292 cm³/mol. The Morgan fingerprint density at radius 1 is 0.378 bits per heavy atom. The summed E-state index contributed by atoms with van der Waals surface area (Å²) in [5.41, 5.74) is 0. The van der Waals surface area contributed by atoms with Gasteiger partial charge in [0.05, 0.1) is 26.4 Å². The average Bonchev–Trinajstić information content (AvgIpc) is 0.761. The second-order valence-corrected chi connectivity index (χ2v) is 30.4. The van der Waals surface area contributed by atoms with E-state index < -0.39 is 281 Å². The summed E-state index contributed by atoms with van der Waals surface area (Å²) in [5.74, 6) is -5.32. The molecule has 6 rings (SSSR count). The Morgan fingerprint density at radius 2 is 0.745 bits per heavy atom. The minimum Gasteiger partial charge on any atom is -0.479 e. The molecule has 574 valence electrons. The number of nitrogens with one attached hydrogen (secondary N) is 3. The van der Waals surface area contributed by atoms with Gasteiger partial charge in [0.15, 0.2) is 49.8 Å². The molecule has 18 N–H and O–H groups in total. The van der Waals surface area contributed by atoms with Gasteiger partial charge >= 0.3 is 94.8 Å². The highest BCUT2D eigenvalue weighted by Crippen LogP contribution is 2.40. The molecule has 0 aromatic heterocycles. The van der Waals surface area contributed by atoms with Gasteiger partial charge in [-0.1, -0.05) is 19.3 Å². The fraction of sp³-hybridized carbons (Fsp3) is 0.947. The Morgan fingerprint density at radius 3 is 1.18 bits per heavy atom. The van der Waals surface area contributed by atoms with Crippen molar-refractivity contribution < 1.29 is 222 Å². The van der Waals surface area contributed by atoms with Crippen molar-refractivity contribution in [3.8, 4) is 0 Å². The molecule has 1 saturated carbocycles. The lowest BCUT2D eigenvalue weighted by Gasteiger charge is -2.51. The standard InChI is InChI=1S/C38H65N3O49S8/c1-75-34-16(40-92(54,55)56)20(44)23(13(81-34)9-78-95(63,64)65)83-38-29(90-98(72,73)74)22(46)27(31(88-38)33(49)50)86-36-17(41-93(57,58)59)25(89-97(69,70)71)24(14(82-36)10-79-96(66,67)68)84-37-28(76-7-11-5-3-2-4-6-11)21(45)26(30(87-37)32(47)48)85-35-15(39-91(51,52)53)19(43)18(42)12(80-35)8-77-94(60,61)62/h11-31,34-46H,2-10H2,1H3,(H,47,48)(H,49,50)(H,51,52,53)(H,54,55,56)(H,57,58,59)(H,60,61,62)(H,63,64,65)(H,66,67,68)(H,69,70,71)(H,72,73,74)/t12-,13-,14-,15-,16-,17-,18-,19-,20-,21+,22+,23-,24-,25-,26+,27+,28-,29-,30+,31-,34+,35-,36-,37-,38-/m1/s1. The van der Waals surface area contributed by atoms with Crippen LogP contribution in [0.15, 0.2) is 0 Å². The number of hydrogen-bond acceptors (Lipinski definition) is 39. The Kier molecular flexibility index (Phi) is 28.5. The molecule has 98 heavy (non-hydrogen) atoms. The Hall–Kier alpha value is -2.74. The van der Waals surface area contributed by atoms with Gasteiger partial charge in [0.25, 0.3) is 0 Å². The molecular weight excluding hydrogens is 1540 g/mol. The summed E-state index contributed by atoms with van der Waals surface area (Å²) in [6.07, 6.45) is -59.4. The van der Waals surface area contributed by atoms with Crippen molar-refractivity contribution in [3.63, 3.8) is 0 Å². The molecule has 0 radical (unpaired) electrons. The summed E-state index contributed by atoms with van der Waals surface area (Å²) in [4.78, 5) is 26.4. The van der Waals surface area contributed by atoms with Crippen LogP contribution in [0, 0.1) is 5.92 Å². The molecular formula is C38H65N3O49S8. The number of hydrogen-bond donors (Lipinski definition) is 18. The maximum atomic E-state index is 13.2. The summed E-state index contributed by atoms with van der Waals surface area (Å²) < 4.78 is 360. The third-order valence-electron chi connectivity index (χ3n) is 14.7. The molecule has 0 amide bonds. The molecule has 0 unspecified atom stereocenters. The SMILES string of the molecule is CO[C@H]1O[C@H](COS(=O)(=O)O)[C@@H](O[C@@H]2O[C@@H](C(=O)O)[C@@H](O[C@H]3O[C@H](COS(=O)(=O)O)[C@@H](O[C@@H]4O[C@H](C(=O)O)[C@@H](O[C@H]5O[C@H](COS(=O)(=O)O)[C@@H](O)[C@H](O)[C@H]5NS(=O)(=O)O)[C@H](O)[C@H]4OCC4CCCCC4)[C@H](OS(=O)(=O)O)[C@H]3NS(=O)(=O)O)[C@H](O)[C@H]2OS(=O)(=O)O)[C@H](O)[C@H]1NS(=O)(=O)O. The second-order valence-electron chi connectivity index (χ2n) is 21.5. The van der Waals surface area contributed by atoms with Crippen molar-refractivity contribution in [2.45, 2.75) is 185 Å². The van der Waals surface area contributed by atoms with Crippen LogP contribution in [0.3, 0.4) is 0 Å². The topological polar surface area (TPSA) is 794 Å². The lowest BCUT2D eigenvalue weighted by Crippen LogP contribution is -2.71. The molecule has 0 aromatic carbocycles. The number of carbonyl (C=O) groups is 2. The Labute approximate surface area is 553 Å². The van der Waals surface area contributed by atoms with Crippen LogP contribution >= 0.6 is 0 Å². The first kappa shape index (κ1) is 84.2. The van der Waals surface area contributed by atoms with Gasteiger partial charge in [-0.05, 0) is 18.8 Å². The molecule has 6 fully saturated rings. The van der Waals surface area contributed by atoms with E-state index in [1.165, 1.54) is 14.2 Å². The van der Waals surface area contributed by atoms with Crippen LogP contribution in [-0.4, -0.2) is 338 Å². The summed E-state index contributed by atoms with van der Waals surface area (Å²) in [6, 6.07) is -8.08. The van der Waals surface area contributed by atoms with Gasteiger partial charge in [-0.3, -0.25) is 36.4 Å². The number of aliphatic hydroxyl groups is 5. The number of carboxylic acid groups (broad SMARTS) is 2. The number of rotatable bonds is 33. The van der Waals surface area contributed by atoms with E-state index in [1.807, 2.05) is 0 Å². The number of methoxy groups -OCH3 is 1. The van der Waals surface area contributed by atoms with Gasteiger partial charge in [0, 0.05) is 7.11 Å². The highest BCUT2D eigenvalue weighted by Gasteiger charge is 2.62. The lowest BCUT2D eigenvalue weighted by molar-refractivity contribution is -0.375. The highest BCUT2D eigenvalue weighted by atomic mass is 32.3. The zero-order valence-electron chi connectivity index (χ0n) is 48.7. The fourth-order valence-corrected chi connectivity index (χ4v) is 14.4. The van der Waals surface area contributed by atoms with Gasteiger partial charge in [-0.2, -0.15) is 81.5 Å². The Bertz CT molecular complexity index is 3680. The van der Waals surface area contributed by atoms with Crippen LogP contribution in [-0.2, 0) is 166 Å². The van der Waals surface area contributed by atoms with Gasteiger partial charge in [-0.15, -0.1) is 0 Å². The largest absolute Gasteiger partial charge is 0.479 e. The molecule has 1 aliphatic carbocycles. The van der Waals surface area contributed by atoms with Crippen LogP contribution in [0.1, 0.15) is 32.1 Å². The smallest absolute Gasteiger partial charge is 0.397 e. The van der Waals surface area contributed by atoms with Gasteiger partial charge < -0.3 is 87.9 Å². The van der Waals surface area contributed by atoms with E-state index in [9.17, 15) is 149 Å². The van der Waals surface area contributed by atoms with Gasteiger partial charge in [0.2, 0.25) is 0 Å². The van der Waals surface area contributed by atoms with E-state index in [0.717, 1.165) is 7.11 Å². The van der Waals surface area contributed by atoms with Gasteiger partial charge in [-0.25, -0.2) is 30.5 Å². The quantitative estimate of drug-likeness (QED) is 0.0271. The monoisotopic (exact) mass is 1600 g/mol. The molecule has 5 heterocycles. The van der Waals surface area contributed by atoms with Crippen LogP contribution in [0.25, 0.3) is 0 Å². The number of carboxylic acids is 2. The van der Waals surface area contributed by atoms with E-state index in [0.29, 0.717) is 32.1 Å². The molecule has 0 aromatic rings. The maximum absolute atomic E-state index is 13.2. The van der Waals surface area contributed by atoms with Crippen molar-refractivity contribution in [1.29, 1.82) is 0 Å². The Balaban J connectivity index is 1.47. The minimum absolute atomic E-state index is 0.334. The molecule has 0 spiro atoms. The van der Waals surface area contributed by atoms with Crippen molar-refractivity contribution >= 4 is 94.8 Å². The summed E-state index contributed by atoms with van der Waals surface area (Å²) >= 11 is 0. The van der Waals surface area contributed by atoms with E-state index in [2.05, 4.69) is 16.7 Å². The molecule has 5 saturated heterocycles. The number of aliphatic carboxylic acids is 2. The molecule has 0 bridgehead atoms. The molecule has 6 aliphatic rings. The zero-order valence-corrected chi connectivity index (χ0v) is 55.3. The normalized spacial score (nSPS) is 37.9. The van der Waals surface area contributed by atoms with Crippen LogP contribution in [0.5, 0.6) is 0 Å². The third-order valence-corrected chi connectivity index (χ3v) is 18.6. The van der Waals surface area contributed by atoms with Gasteiger partial charge in [0.1, 0.15) is 104 Å². The van der Waals surface area contributed by atoms with E-state index >= 15 is 0 Å². The van der Waals surface area contributed by atoms with Crippen LogP contribution in [0.4, 0.5) is 0 Å². The van der Waals surface area contributed by atoms with Crippen molar-refractivity contribution in [2.24, 2.45) is 5.92 Å². The molecule has 25 atom stereocenters. The second kappa shape index (κ2) is 33.1. The van der Waals surface area contributed by atoms with Crippen molar-refractivity contribution in [1.82, 2.24) is 14.2 Å². The predicted octanol–water partition coefficient (Wildman–Crippen LogP) is -11.1. The third kappa shape index (κ3) is 24.7. The first-order valence-electron chi connectivity index (χ1n) is 27.0. The van der Waals surface area contributed by atoms with Crippen LogP contribution < -0.4 is 14.2 Å². The number of aliphatic hydroxyl groups excluding tert-OH is 5. The molecule has 52 nitrogen and oxygen atoms in total. The van der Waals surface area contributed by atoms with E-state index in [-0.39, 0.29) is 0 Å². The molecule has 5 aliphatic heterocycles. The van der Waals surface area contributed by atoms with E-state index in [4.69, 9.17) is 56.3 Å². The highest BCUT2D eigenvalue weighted by molar-refractivity contribution is 7.84. The van der Waals surface area contributed by atoms with Crippen molar-refractivity contribution in [2.75, 3.05) is 33.5 Å². The number of ether oxygens (including phenoxy) is 11. The van der Waals surface area contributed by atoms with Crippen LogP contribution in [0.2, 0.25) is 0 Å². The average molecular weight is 1600 g/mol. The summed E-state index contributed by atoms with van der Waals surface area (Å²) in [7, 11) is -45.8. The molecule has 60 heteroatoms. The lowest BCUT2D eigenvalue weighted by atomic mass is 9.90. The fourth-order valence-electron chi connectivity index (χ4n) is 10.7.